The summed E-state index contributed by atoms with van der Waals surface area (Å²) in [5.41, 5.74) is 2.28. The van der Waals surface area contributed by atoms with E-state index >= 15 is 0 Å². The van der Waals surface area contributed by atoms with Gasteiger partial charge < -0.3 is 19.5 Å². The van der Waals surface area contributed by atoms with Gasteiger partial charge in [0.2, 0.25) is 0 Å². The topological polar surface area (TPSA) is 71.7 Å². The fourth-order valence-corrected chi connectivity index (χ4v) is 4.55. The minimum atomic E-state index is -1.07. The summed E-state index contributed by atoms with van der Waals surface area (Å²) in [6.45, 7) is 4.34. The van der Waals surface area contributed by atoms with E-state index in [1.165, 1.54) is 24.3 Å². The van der Waals surface area contributed by atoms with Crippen LogP contribution in [-0.4, -0.2) is 34.5 Å². The summed E-state index contributed by atoms with van der Waals surface area (Å²) in [5, 5.41) is 20.4. The molecule has 0 fully saturated rings. The van der Waals surface area contributed by atoms with Crippen molar-refractivity contribution in [1.29, 1.82) is 0 Å². The highest BCUT2D eigenvalue weighted by atomic mass is 19.1. The van der Waals surface area contributed by atoms with Gasteiger partial charge in [0, 0.05) is 29.3 Å². The lowest BCUT2D eigenvalue weighted by Crippen LogP contribution is -2.28. The standard InChI is InChI=1S/C27H25F2NO4/c1-27(2,15-34-3)25-22(16-8-10-17(11-9-16)26(32)33)23-21(13-12-20(29)24(23)31)30(25)14-18-6-4-5-7-19(18)28/h4-13,31H,14-15H2,1-3H3,(H,32,33). The second-order valence-electron chi connectivity index (χ2n) is 8.89. The molecule has 176 valence electrons. The van der Waals surface area contributed by atoms with E-state index in [0.717, 1.165) is 0 Å². The third kappa shape index (κ3) is 4.03. The van der Waals surface area contributed by atoms with Crippen LogP contribution in [0.1, 0.15) is 35.5 Å². The predicted octanol–water partition coefficient (Wildman–Crippen LogP) is 5.96. The first-order chi connectivity index (χ1) is 16.2. The van der Waals surface area contributed by atoms with E-state index in [0.29, 0.717) is 34.5 Å². The predicted molar refractivity (Wildman–Crippen MR) is 126 cm³/mol. The summed E-state index contributed by atoms with van der Waals surface area (Å²) in [6, 6.07) is 15.3. The van der Waals surface area contributed by atoms with E-state index in [1.807, 2.05) is 18.4 Å². The zero-order chi connectivity index (χ0) is 24.6. The van der Waals surface area contributed by atoms with Crippen LogP contribution in [0, 0.1) is 11.6 Å². The van der Waals surface area contributed by atoms with Crippen LogP contribution in [0.15, 0.2) is 60.7 Å². The molecular formula is C27H25F2NO4. The molecule has 4 aromatic rings. The highest BCUT2D eigenvalue weighted by Crippen LogP contribution is 2.45. The molecule has 34 heavy (non-hydrogen) atoms. The molecule has 0 unspecified atom stereocenters. The molecule has 0 amide bonds. The third-order valence-electron chi connectivity index (χ3n) is 6.01. The summed E-state index contributed by atoms with van der Waals surface area (Å²) in [4.78, 5) is 11.4. The number of ether oxygens (including phenoxy) is 1. The molecular weight excluding hydrogens is 440 g/mol. The van der Waals surface area contributed by atoms with Gasteiger partial charge in [0.25, 0.3) is 0 Å². The number of fused-ring (bicyclic) bond motifs is 1. The van der Waals surface area contributed by atoms with Gasteiger partial charge in [-0.3, -0.25) is 0 Å². The van der Waals surface area contributed by atoms with Crippen LogP contribution in [-0.2, 0) is 16.7 Å². The Balaban J connectivity index is 2.11. The Kier molecular flexibility index (Phi) is 6.15. The number of phenolic OH excluding ortho intramolecular Hbond substituents is 1. The largest absolute Gasteiger partial charge is 0.504 e. The number of rotatable bonds is 7. The van der Waals surface area contributed by atoms with Gasteiger partial charge >= 0.3 is 5.97 Å². The number of carboxylic acid groups (broad SMARTS) is 1. The average Bonchev–Trinajstić information content (AvgIpc) is 3.13. The van der Waals surface area contributed by atoms with Crippen molar-refractivity contribution in [2.75, 3.05) is 13.7 Å². The lowest BCUT2D eigenvalue weighted by Gasteiger charge is -2.28. The summed E-state index contributed by atoms with van der Waals surface area (Å²) in [7, 11) is 1.57. The Labute approximate surface area is 195 Å². The Morgan fingerprint density at radius 3 is 2.29 bits per heavy atom. The number of benzene rings is 3. The maximum absolute atomic E-state index is 14.6. The highest BCUT2D eigenvalue weighted by Gasteiger charge is 2.33. The van der Waals surface area contributed by atoms with E-state index < -0.39 is 23.0 Å². The molecule has 1 aromatic heterocycles. The first-order valence-corrected chi connectivity index (χ1v) is 10.8. The van der Waals surface area contributed by atoms with Gasteiger partial charge in [0.15, 0.2) is 11.6 Å². The summed E-state index contributed by atoms with van der Waals surface area (Å²) < 4.78 is 36.6. The summed E-state index contributed by atoms with van der Waals surface area (Å²) >= 11 is 0. The fraction of sp³-hybridized carbons (Fsp3) is 0.222. The molecule has 3 aromatic carbocycles. The zero-order valence-electron chi connectivity index (χ0n) is 19.1. The first kappa shape index (κ1) is 23.4. The second kappa shape index (κ2) is 8.91. The van der Waals surface area contributed by atoms with Gasteiger partial charge in [-0.05, 0) is 35.9 Å². The number of aromatic carboxylic acids is 1. The van der Waals surface area contributed by atoms with E-state index in [9.17, 15) is 23.8 Å². The molecule has 0 bridgehead atoms. The number of hydrogen-bond donors (Lipinski definition) is 2. The van der Waals surface area contributed by atoms with Gasteiger partial charge in [-0.2, -0.15) is 0 Å². The Morgan fingerprint density at radius 2 is 1.68 bits per heavy atom. The Hall–Kier alpha value is -3.71. The first-order valence-electron chi connectivity index (χ1n) is 10.8. The van der Waals surface area contributed by atoms with Gasteiger partial charge in [-0.1, -0.05) is 44.2 Å². The maximum atomic E-state index is 14.6. The fourth-order valence-electron chi connectivity index (χ4n) is 4.55. The normalized spacial score (nSPS) is 11.8. The van der Waals surface area contributed by atoms with Crippen LogP contribution >= 0.6 is 0 Å². The van der Waals surface area contributed by atoms with Crippen LogP contribution in [0.2, 0.25) is 0 Å². The van der Waals surface area contributed by atoms with E-state index in [2.05, 4.69) is 0 Å². The Bertz CT molecular complexity index is 1370. The number of hydrogen-bond acceptors (Lipinski definition) is 3. The maximum Gasteiger partial charge on any atom is 0.335 e. The van der Waals surface area contributed by atoms with Crippen molar-refractivity contribution in [3.8, 4) is 16.9 Å². The van der Waals surface area contributed by atoms with Crippen LogP contribution in [0.4, 0.5) is 8.78 Å². The number of aromatic nitrogens is 1. The van der Waals surface area contributed by atoms with Crippen LogP contribution < -0.4 is 0 Å². The monoisotopic (exact) mass is 465 g/mol. The van der Waals surface area contributed by atoms with Gasteiger partial charge in [-0.15, -0.1) is 0 Å². The average molecular weight is 465 g/mol. The molecule has 1 heterocycles. The van der Waals surface area contributed by atoms with E-state index in [-0.39, 0.29) is 23.3 Å². The molecule has 0 aliphatic carbocycles. The molecule has 0 aliphatic rings. The number of aromatic hydroxyl groups is 1. The van der Waals surface area contributed by atoms with Crippen molar-refractivity contribution in [1.82, 2.24) is 4.57 Å². The summed E-state index contributed by atoms with van der Waals surface area (Å²) in [5.74, 6) is -2.74. The molecule has 0 saturated heterocycles. The van der Waals surface area contributed by atoms with Gasteiger partial charge in [-0.25, -0.2) is 13.6 Å². The Morgan fingerprint density at radius 1 is 1.00 bits per heavy atom. The SMILES string of the molecule is COCC(C)(C)c1c(-c2ccc(C(=O)O)cc2)c2c(O)c(F)ccc2n1Cc1ccccc1F. The van der Waals surface area contributed by atoms with Crippen LogP contribution in [0.5, 0.6) is 5.75 Å². The molecule has 0 radical (unpaired) electrons. The minimum absolute atomic E-state index is 0.104. The molecule has 0 atom stereocenters. The number of carbonyl (C=O) groups is 1. The zero-order valence-corrected chi connectivity index (χ0v) is 19.1. The van der Waals surface area contributed by atoms with E-state index in [4.69, 9.17) is 4.74 Å². The van der Waals surface area contributed by atoms with Gasteiger partial charge in [0.1, 0.15) is 5.82 Å². The minimum Gasteiger partial charge on any atom is -0.504 e. The molecule has 2 N–H and O–H groups in total. The number of carboxylic acids is 1. The summed E-state index contributed by atoms with van der Waals surface area (Å²) in [6.07, 6.45) is 0. The third-order valence-corrected chi connectivity index (χ3v) is 6.01. The molecule has 7 heteroatoms. The molecule has 0 saturated carbocycles. The van der Waals surface area contributed by atoms with Crippen LogP contribution in [0.3, 0.4) is 0 Å². The lowest BCUT2D eigenvalue weighted by molar-refractivity contribution is 0.0697. The molecule has 0 aliphatic heterocycles. The van der Waals surface area contributed by atoms with Crippen molar-refractivity contribution in [2.24, 2.45) is 0 Å². The van der Waals surface area contributed by atoms with Gasteiger partial charge in [0.05, 0.1) is 29.6 Å². The van der Waals surface area contributed by atoms with Crippen molar-refractivity contribution < 1.29 is 28.5 Å². The number of phenols is 1. The van der Waals surface area contributed by atoms with Crippen molar-refractivity contribution >= 4 is 16.9 Å². The smallest absolute Gasteiger partial charge is 0.335 e. The number of methoxy groups -OCH3 is 1. The van der Waals surface area contributed by atoms with Crippen LogP contribution in [0.25, 0.3) is 22.0 Å². The molecule has 4 rings (SSSR count). The quantitative estimate of drug-likeness (QED) is 0.353. The van der Waals surface area contributed by atoms with Crippen molar-refractivity contribution in [2.45, 2.75) is 25.8 Å². The van der Waals surface area contributed by atoms with E-state index in [1.54, 1.807) is 43.5 Å². The lowest BCUT2D eigenvalue weighted by atomic mass is 9.84. The molecule has 5 nitrogen and oxygen atoms in total. The number of halogens is 2. The highest BCUT2D eigenvalue weighted by molar-refractivity contribution is 6.03. The van der Waals surface area contributed by atoms with Crippen molar-refractivity contribution in [3.63, 3.8) is 0 Å². The number of nitrogens with zero attached hydrogens (tertiary/aromatic N) is 1. The second-order valence-corrected chi connectivity index (χ2v) is 8.89. The molecule has 0 spiro atoms. The van der Waals surface area contributed by atoms with Crippen molar-refractivity contribution in [3.05, 3.63) is 89.1 Å².